The van der Waals surface area contributed by atoms with E-state index in [9.17, 15) is 14.0 Å². The van der Waals surface area contributed by atoms with E-state index in [4.69, 9.17) is 11.6 Å². The molecule has 1 spiro atoms. The second kappa shape index (κ2) is 9.56. The molecule has 6 aliphatic heterocycles. The number of rotatable bonds is 2. The van der Waals surface area contributed by atoms with Crippen molar-refractivity contribution >= 4 is 67.3 Å². The number of benzene rings is 1. The summed E-state index contributed by atoms with van der Waals surface area (Å²) in [5.41, 5.74) is 4.17. The Morgan fingerprint density at radius 3 is 2.63 bits per heavy atom. The molecular formula is C32H36ClFN3O3PS2. The number of aryl methyl sites for hydroxylation is 1. The number of carbonyl (C=O) groups is 2. The molecule has 7 heterocycles. The lowest BCUT2D eigenvalue weighted by atomic mass is 9.73. The third-order valence-corrected chi connectivity index (χ3v) is 21.0. The Kier molecular flexibility index (Phi) is 6.35. The van der Waals surface area contributed by atoms with Gasteiger partial charge in [0.05, 0.1) is 39.5 Å². The summed E-state index contributed by atoms with van der Waals surface area (Å²) >= 11 is 8.40. The number of allylic oxidation sites excluding steroid dienone is 1. The van der Waals surface area contributed by atoms with Gasteiger partial charge in [-0.3, -0.25) is 14.5 Å². The van der Waals surface area contributed by atoms with Crippen LogP contribution < -0.4 is 10.2 Å². The lowest BCUT2D eigenvalue weighted by molar-refractivity contribution is -0.138. The number of amides is 2. The van der Waals surface area contributed by atoms with E-state index in [1.165, 1.54) is 16.2 Å². The highest BCUT2D eigenvalue weighted by molar-refractivity contribution is 8.32. The van der Waals surface area contributed by atoms with Crippen LogP contribution in [0.3, 0.4) is 0 Å². The molecule has 1 saturated carbocycles. The van der Waals surface area contributed by atoms with E-state index in [0.29, 0.717) is 24.4 Å². The Hall–Kier alpha value is -1.90. The number of hydrogen-bond donors (Lipinski definition) is 0. The molecule has 4 atom stereocenters. The Balaban J connectivity index is 1.43. The minimum absolute atomic E-state index is 0.135. The second-order valence-electron chi connectivity index (χ2n) is 13.9. The first-order chi connectivity index (χ1) is 20.4. The Labute approximate surface area is 262 Å². The Morgan fingerprint density at radius 1 is 1.19 bits per heavy atom. The largest absolute Gasteiger partial charge is 0.368 e. The number of carbonyl (C=O) groups excluding carboxylic acids is 2. The molecule has 0 radical (unpaired) electrons. The van der Waals surface area contributed by atoms with Gasteiger partial charge in [0.1, 0.15) is 11.0 Å². The third-order valence-electron chi connectivity index (χ3n) is 10.2. The smallest absolute Gasteiger partial charge is 0.229 e. The van der Waals surface area contributed by atoms with Gasteiger partial charge in [-0.15, -0.1) is 0 Å². The van der Waals surface area contributed by atoms with Gasteiger partial charge < -0.3 is 4.90 Å². The van der Waals surface area contributed by atoms with Gasteiger partial charge in [-0.25, -0.2) is 8.60 Å². The number of halogens is 2. The molecular weight excluding hydrogens is 624 g/mol. The fraction of sp³-hybridized carbons (Fsp3) is 0.531. The van der Waals surface area contributed by atoms with E-state index in [2.05, 4.69) is 60.4 Å². The van der Waals surface area contributed by atoms with Gasteiger partial charge >= 0.3 is 0 Å². The van der Waals surface area contributed by atoms with Crippen LogP contribution >= 0.6 is 29.6 Å². The van der Waals surface area contributed by atoms with Crippen molar-refractivity contribution in [1.82, 2.24) is 9.21 Å². The number of likely N-dealkylation sites (tertiary alicyclic amines) is 1. The number of alkyl halides is 1. The van der Waals surface area contributed by atoms with Gasteiger partial charge in [0, 0.05) is 48.2 Å². The molecule has 7 aliphatic rings. The molecule has 1 aromatic heterocycles. The van der Waals surface area contributed by atoms with Crippen molar-refractivity contribution in [2.24, 2.45) is 0 Å². The van der Waals surface area contributed by atoms with Gasteiger partial charge in [-0.05, 0) is 70.7 Å². The number of fused-ring (bicyclic) bond motifs is 1. The highest BCUT2D eigenvalue weighted by atomic mass is 35.5. The van der Waals surface area contributed by atoms with Crippen molar-refractivity contribution < 1.29 is 18.2 Å². The van der Waals surface area contributed by atoms with Gasteiger partial charge in [-0.1, -0.05) is 29.3 Å². The molecule has 228 valence electrons. The van der Waals surface area contributed by atoms with E-state index < -0.39 is 32.5 Å². The standard InChI is InChI=1S/C32H36ClFN3O3PS2/c1-31(2,3)43(40)37-17-22(16-32(37)14-21(34)15-32)35-9-4-5-19-11-20(33)12-25(29(19)35)24-8-10-41(43)26-13-23(42-30(24)26)18-36-27(38)6-7-28(36)39/h8,10-13,21-22H,4-7,9,14-18H2,1-3H3. The molecule has 6 nitrogen and oxygen atoms in total. The number of thiophene rings is 1. The van der Waals surface area contributed by atoms with Crippen LogP contribution in [0, 0.1) is 6.16 Å². The van der Waals surface area contributed by atoms with E-state index in [1.54, 1.807) is 11.3 Å². The zero-order chi connectivity index (χ0) is 30.1. The molecule has 11 heteroatoms. The molecule has 3 fully saturated rings. The van der Waals surface area contributed by atoms with E-state index in [0.717, 1.165) is 52.0 Å². The molecule has 4 bridgehead atoms. The first-order valence-corrected chi connectivity index (χ1v) is 20.0. The zero-order valence-electron chi connectivity index (χ0n) is 24.7. The monoisotopic (exact) mass is 659 g/mol. The number of nitrogens with zero attached hydrogens (tertiary/aromatic N) is 3. The summed E-state index contributed by atoms with van der Waals surface area (Å²) in [5.74, 6) is -0.270. The van der Waals surface area contributed by atoms with Crippen LogP contribution in [0.5, 0.6) is 0 Å². The van der Waals surface area contributed by atoms with Gasteiger partial charge in [0.15, 0.2) is 9.30 Å². The van der Waals surface area contributed by atoms with E-state index in [1.807, 2.05) is 0 Å². The van der Waals surface area contributed by atoms with Crippen molar-refractivity contribution in [3.05, 3.63) is 56.3 Å². The Bertz CT molecular complexity index is 1750. The minimum atomic E-state index is -2.75. The number of anilines is 1. The minimum Gasteiger partial charge on any atom is -0.368 e. The van der Waals surface area contributed by atoms with Crippen LogP contribution in [0.1, 0.15) is 80.2 Å². The van der Waals surface area contributed by atoms with Crippen molar-refractivity contribution in [3.8, 4) is 0 Å². The lowest BCUT2D eigenvalue weighted by Crippen LogP contribution is -2.59. The summed E-state index contributed by atoms with van der Waals surface area (Å²) in [4.78, 5) is 31.0. The van der Waals surface area contributed by atoms with Crippen LogP contribution in [0.15, 0.2) is 24.3 Å². The highest BCUT2D eigenvalue weighted by Gasteiger charge is 2.62. The van der Waals surface area contributed by atoms with Gasteiger partial charge in [0.25, 0.3) is 0 Å². The molecule has 4 unspecified atom stereocenters. The number of hydrogen-bond acceptors (Lipinski definition) is 4. The summed E-state index contributed by atoms with van der Waals surface area (Å²) in [7, 11) is -2.75. The maximum absolute atomic E-state index is 16.1. The predicted octanol–water partition coefficient (Wildman–Crippen LogP) is 6.39. The fourth-order valence-corrected chi connectivity index (χ4v) is 19.4. The molecule has 1 aromatic carbocycles. The average Bonchev–Trinajstić information content (AvgIpc) is 3.62. The van der Waals surface area contributed by atoms with Crippen LogP contribution in [0.4, 0.5) is 10.1 Å². The molecule has 1 aliphatic carbocycles. The van der Waals surface area contributed by atoms with Crippen molar-refractivity contribution in [3.63, 3.8) is 0 Å². The fourth-order valence-electron chi connectivity index (χ4n) is 8.28. The maximum atomic E-state index is 16.1. The van der Waals surface area contributed by atoms with Crippen LogP contribution in [-0.2, 0) is 31.9 Å². The maximum Gasteiger partial charge on any atom is 0.229 e. The highest BCUT2D eigenvalue weighted by Crippen LogP contribution is 2.59. The lowest BCUT2D eigenvalue weighted by Gasteiger charge is -2.50. The van der Waals surface area contributed by atoms with Gasteiger partial charge in [-0.2, -0.15) is 16.0 Å². The van der Waals surface area contributed by atoms with Crippen molar-refractivity contribution in [1.29, 1.82) is 0 Å². The molecule has 2 amide bonds. The normalized spacial score (nSPS) is 33.7. The molecule has 9 rings (SSSR count). The quantitative estimate of drug-likeness (QED) is 0.162. The Morgan fingerprint density at radius 2 is 1.93 bits per heavy atom. The topological polar surface area (TPSA) is 60.9 Å². The predicted molar refractivity (Wildman–Crippen MR) is 174 cm³/mol. The van der Waals surface area contributed by atoms with Crippen LogP contribution in [0.2, 0.25) is 5.02 Å². The van der Waals surface area contributed by atoms with Crippen molar-refractivity contribution in [2.45, 2.75) is 94.8 Å². The van der Waals surface area contributed by atoms with Gasteiger partial charge in [0.2, 0.25) is 11.8 Å². The van der Waals surface area contributed by atoms with Crippen LogP contribution in [-0.4, -0.2) is 60.8 Å². The third kappa shape index (κ3) is 4.04. The molecule has 0 N–H and O–H groups in total. The molecule has 43 heavy (non-hydrogen) atoms. The van der Waals surface area contributed by atoms with E-state index in [-0.39, 0.29) is 37.2 Å². The summed E-state index contributed by atoms with van der Waals surface area (Å²) in [6.07, 6.45) is 7.61. The summed E-state index contributed by atoms with van der Waals surface area (Å²) in [6.45, 7) is 6.71. The first kappa shape index (κ1) is 28.6. The average molecular weight is 660 g/mol. The first-order valence-electron chi connectivity index (χ1n) is 15.3. The van der Waals surface area contributed by atoms with Crippen molar-refractivity contribution in [2.75, 3.05) is 18.0 Å². The number of imide groups is 1. The molecule has 2 saturated heterocycles. The summed E-state index contributed by atoms with van der Waals surface area (Å²) in [6, 6.07) is 6.43. The molecule has 2 aromatic rings. The van der Waals surface area contributed by atoms with Crippen LogP contribution in [0.25, 0.3) is 5.57 Å². The van der Waals surface area contributed by atoms with E-state index >= 15 is 4.21 Å². The second-order valence-corrected chi connectivity index (χ2v) is 22.2. The zero-order valence-corrected chi connectivity index (χ0v) is 28.0. The SMILES string of the molecule is CC(C)(C)S1(=O)=[P+]2[CH-]C=C(c3cc(Cl)cc4c3N(CCC4)C3CN1C1(CC(F)C1)C3)c1[s+][c-](CN3C(=O)CCC3=O)cc12. The summed E-state index contributed by atoms with van der Waals surface area (Å²) in [5, 5.41) is 1.74. The summed E-state index contributed by atoms with van der Waals surface area (Å²) < 4.78 is 32.7.